The van der Waals surface area contributed by atoms with Crippen LogP contribution in [-0.4, -0.2) is 44.9 Å². The Balaban J connectivity index is 1.60. The van der Waals surface area contributed by atoms with E-state index >= 15 is 0 Å². The third-order valence-electron chi connectivity index (χ3n) is 4.69. The van der Waals surface area contributed by atoms with Crippen molar-refractivity contribution in [3.05, 3.63) is 48.5 Å². The fourth-order valence-electron chi connectivity index (χ4n) is 3.04. The summed E-state index contributed by atoms with van der Waals surface area (Å²) in [5.41, 5.74) is 1.35. The normalized spacial score (nSPS) is 15.8. The smallest absolute Gasteiger partial charge is 0.246 e. The van der Waals surface area contributed by atoms with Crippen molar-refractivity contribution in [3.63, 3.8) is 0 Å². The van der Waals surface area contributed by atoms with Gasteiger partial charge in [-0.15, -0.1) is 0 Å². The van der Waals surface area contributed by atoms with Crippen molar-refractivity contribution in [2.75, 3.05) is 30.8 Å². The van der Waals surface area contributed by atoms with Gasteiger partial charge in [0.2, 0.25) is 15.9 Å². The molecule has 150 valence electrons. The van der Waals surface area contributed by atoms with Gasteiger partial charge in [-0.25, -0.2) is 8.42 Å². The number of nitrogens with one attached hydrogen (secondary N) is 2. The van der Waals surface area contributed by atoms with E-state index in [9.17, 15) is 13.2 Å². The van der Waals surface area contributed by atoms with E-state index in [0.717, 1.165) is 24.3 Å². The van der Waals surface area contributed by atoms with Crippen LogP contribution in [0.1, 0.15) is 19.8 Å². The number of carbonyl (C=O) groups is 1. The van der Waals surface area contributed by atoms with Crippen LogP contribution in [0.4, 0.5) is 11.4 Å². The number of carbonyl (C=O) groups excluding carboxylic acids is 1. The Kier molecular flexibility index (Phi) is 6.21. The van der Waals surface area contributed by atoms with Gasteiger partial charge in [0.05, 0.1) is 12.0 Å². The summed E-state index contributed by atoms with van der Waals surface area (Å²) in [5.74, 6) is 0.526. The van der Waals surface area contributed by atoms with Crippen molar-refractivity contribution in [2.24, 2.45) is 0 Å². The van der Waals surface area contributed by atoms with Gasteiger partial charge in [-0.2, -0.15) is 4.31 Å². The molecular formula is C20H25N3O4S. The maximum absolute atomic E-state index is 12.5. The quantitative estimate of drug-likeness (QED) is 0.742. The number of methoxy groups -OCH3 is 1. The molecule has 0 spiro atoms. The number of sulfonamides is 1. The van der Waals surface area contributed by atoms with Gasteiger partial charge < -0.3 is 15.4 Å². The van der Waals surface area contributed by atoms with E-state index in [1.54, 1.807) is 26.2 Å². The fraction of sp³-hybridized carbons (Fsp3) is 0.350. The molecule has 1 amide bonds. The molecule has 0 radical (unpaired) electrons. The lowest BCUT2D eigenvalue weighted by atomic mass is 10.2. The molecule has 7 nitrogen and oxygen atoms in total. The number of amides is 1. The Bertz CT molecular complexity index is 905. The predicted octanol–water partition coefficient (Wildman–Crippen LogP) is 2.92. The molecule has 0 aliphatic carbocycles. The second-order valence-electron chi connectivity index (χ2n) is 6.72. The van der Waals surface area contributed by atoms with E-state index in [1.165, 1.54) is 16.4 Å². The van der Waals surface area contributed by atoms with E-state index in [1.807, 2.05) is 24.3 Å². The van der Waals surface area contributed by atoms with Crippen LogP contribution in [0.3, 0.4) is 0 Å². The predicted molar refractivity (Wildman–Crippen MR) is 109 cm³/mol. The highest BCUT2D eigenvalue weighted by atomic mass is 32.2. The summed E-state index contributed by atoms with van der Waals surface area (Å²) in [6, 6.07) is 13.1. The van der Waals surface area contributed by atoms with E-state index < -0.39 is 16.1 Å². The number of benzene rings is 2. The van der Waals surface area contributed by atoms with Crippen LogP contribution in [0.2, 0.25) is 0 Å². The Labute approximate surface area is 165 Å². The largest absolute Gasteiger partial charge is 0.497 e. The number of hydrogen-bond acceptors (Lipinski definition) is 5. The van der Waals surface area contributed by atoms with E-state index in [4.69, 9.17) is 4.74 Å². The number of ether oxygens (including phenoxy) is 1. The van der Waals surface area contributed by atoms with Gasteiger partial charge in [-0.05, 0) is 68.3 Å². The van der Waals surface area contributed by atoms with Crippen molar-refractivity contribution >= 4 is 27.3 Å². The Morgan fingerprint density at radius 1 is 1.00 bits per heavy atom. The molecule has 2 aromatic carbocycles. The van der Waals surface area contributed by atoms with Gasteiger partial charge in [-0.3, -0.25) is 4.79 Å². The van der Waals surface area contributed by atoms with Crippen molar-refractivity contribution < 1.29 is 17.9 Å². The van der Waals surface area contributed by atoms with E-state index in [0.29, 0.717) is 18.8 Å². The molecule has 0 unspecified atom stereocenters. The molecule has 2 aromatic rings. The molecule has 28 heavy (non-hydrogen) atoms. The summed E-state index contributed by atoms with van der Waals surface area (Å²) in [5, 5.41) is 5.91. The van der Waals surface area contributed by atoms with Gasteiger partial charge in [0.15, 0.2) is 0 Å². The zero-order valence-corrected chi connectivity index (χ0v) is 16.8. The third kappa shape index (κ3) is 4.63. The molecule has 2 N–H and O–H groups in total. The molecule has 0 bridgehead atoms. The summed E-state index contributed by atoms with van der Waals surface area (Å²) < 4.78 is 31.7. The summed E-state index contributed by atoms with van der Waals surface area (Å²) >= 11 is 0. The summed E-state index contributed by atoms with van der Waals surface area (Å²) in [6.45, 7) is 2.89. The molecule has 0 aromatic heterocycles. The minimum Gasteiger partial charge on any atom is -0.497 e. The lowest BCUT2D eigenvalue weighted by molar-refractivity contribution is -0.116. The molecule has 1 atom stereocenters. The second-order valence-corrected chi connectivity index (χ2v) is 8.66. The molecule has 8 heteroatoms. The van der Waals surface area contributed by atoms with Gasteiger partial charge in [-0.1, -0.05) is 0 Å². The standard InChI is InChI=1S/C20H25N3O4S/c1-15(21-16-5-9-18(27-2)10-6-16)20(24)22-17-7-11-19(12-8-17)28(25,26)23-13-3-4-14-23/h5-12,15,21H,3-4,13-14H2,1-2H3,(H,22,24)/t15-/m0/s1. The first kappa shape index (κ1) is 20.2. The van der Waals surface area contributed by atoms with E-state index in [2.05, 4.69) is 10.6 Å². The number of anilines is 2. The topological polar surface area (TPSA) is 87.7 Å². The second kappa shape index (κ2) is 8.62. The lowest BCUT2D eigenvalue weighted by Gasteiger charge is -2.17. The highest BCUT2D eigenvalue weighted by Crippen LogP contribution is 2.22. The fourth-order valence-corrected chi connectivity index (χ4v) is 4.56. The van der Waals surface area contributed by atoms with Crippen LogP contribution >= 0.6 is 0 Å². The maximum Gasteiger partial charge on any atom is 0.246 e. The number of nitrogens with zero attached hydrogens (tertiary/aromatic N) is 1. The molecule has 1 saturated heterocycles. The first-order valence-electron chi connectivity index (χ1n) is 9.22. The maximum atomic E-state index is 12.5. The van der Waals surface area contributed by atoms with Crippen molar-refractivity contribution in [3.8, 4) is 5.75 Å². The number of hydrogen-bond donors (Lipinski definition) is 2. The molecule has 1 aliphatic rings. The molecule has 0 saturated carbocycles. The summed E-state index contributed by atoms with van der Waals surface area (Å²) in [7, 11) is -1.85. The van der Waals surface area contributed by atoms with Gasteiger partial charge >= 0.3 is 0 Å². The Morgan fingerprint density at radius 2 is 1.57 bits per heavy atom. The molecule has 1 heterocycles. The lowest BCUT2D eigenvalue weighted by Crippen LogP contribution is -2.32. The van der Waals surface area contributed by atoms with Crippen LogP contribution in [0.25, 0.3) is 0 Å². The molecular weight excluding hydrogens is 378 g/mol. The molecule has 1 fully saturated rings. The van der Waals surface area contributed by atoms with E-state index in [-0.39, 0.29) is 10.8 Å². The highest BCUT2D eigenvalue weighted by Gasteiger charge is 2.27. The van der Waals surface area contributed by atoms with Crippen LogP contribution < -0.4 is 15.4 Å². The zero-order chi connectivity index (χ0) is 20.1. The van der Waals surface area contributed by atoms with Crippen LogP contribution in [0, 0.1) is 0 Å². The zero-order valence-electron chi connectivity index (χ0n) is 16.0. The van der Waals surface area contributed by atoms with Gasteiger partial charge in [0.25, 0.3) is 0 Å². The monoisotopic (exact) mass is 403 g/mol. The molecule has 1 aliphatic heterocycles. The Hall–Kier alpha value is -2.58. The van der Waals surface area contributed by atoms with Crippen LogP contribution in [0.5, 0.6) is 5.75 Å². The molecule has 3 rings (SSSR count). The summed E-state index contributed by atoms with van der Waals surface area (Å²) in [6.07, 6.45) is 1.79. The average Bonchev–Trinajstić information content (AvgIpc) is 3.25. The summed E-state index contributed by atoms with van der Waals surface area (Å²) in [4.78, 5) is 12.7. The van der Waals surface area contributed by atoms with Crippen molar-refractivity contribution in [1.82, 2.24) is 4.31 Å². The third-order valence-corrected chi connectivity index (χ3v) is 6.60. The first-order chi connectivity index (χ1) is 13.4. The van der Waals surface area contributed by atoms with Gasteiger partial charge in [0, 0.05) is 24.5 Å². The SMILES string of the molecule is COc1ccc(N[C@@H](C)C(=O)Nc2ccc(S(=O)(=O)N3CCCC3)cc2)cc1. The number of rotatable bonds is 7. The minimum absolute atomic E-state index is 0.217. The van der Waals surface area contributed by atoms with Crippen LogP contribution in [-0.2, 0) is 14.8 Å². The van der Waals surface area contributed by atoms with Crippen molar-refractivity contribution in [1.29, 1.82) is 0 Å². The highest BCUT2D eigenvalue weighted by molar-refractivity contribution is 7.89. The minimum atomic E-state index is -3.45. The Morgan fingerprint density at radius 3 is 2.14 bits per heavy atom. The van der Waals surface area contributed by atoms with Crippen molar-refractivity contribution in [2.45, 2.75) is 30.7 Å². The van der Waals surface area contributed by atoms with Gasteiger partial charge in [0.1, 0.15) is 11.8 Å². The average molecular weight is 404 g/mol. The first-order valence-corrected chi connectivity index (χ1v) is 10.7. The van der Waals surface area contributed by atoms with Crippen LogP contribution in [0.15, 0.2) is 53.4 Å².